The van der Waals surface area contributed by atoms with Crippen molar-refractivity contribution in [3.05, 3.63) is 89.5 Å². The lowest BCUT2D eigenvalue weighted by Gasteiger charge is -2.22. The Morgan fingerprint density at radius 1 is 1.05 bits per heavy atom. The van der Waals surface area contributed by atoms with Crippen LogP contribution in [0.5, 0.6) is 0 Å². The highest BCUT2D eigenvalue weighted by Crippen LogP contribution is 2.31. The van der Waals surface area contributed by atoms with Gasteiger partial charge in [-0.1, -0.05) is 18.2 Å². The molecule has 5 aromatic rings. The predicted molar refractivity (Wildman–Crippen MR) is 131 cm³/mol. The number of hydrogen-bond acceptors (Lipinski definition) is 8. The first-order valence-electron chi connectivity index (χ1n) is 10.9. The summed E-state index contributed by atoms with van der Waals surface area (Å²) >= 11 is 0. The molecule has 0 unspecified atom stereocenters. The van der Waals surface area contributed by atoms with E-state index in [1.807, 2.05) is 0 Å². The number of fused-ring (bicyclic) bond motifs is 1. The van der Waals surface area contributed by atoms with Crippen LogP contribution in [0, 0.1) is 11.6 Å². The molecule has 37 heavy (non-hydrogen) atoms. The summed E-state index contributed by atoms with van der Waals surface area (Å²) in [6.07, 6.45) is 2.81. The lowest BCUT2D eigenvalue weighted by molar-refractivity contribution is 0.201. The van der Waals surface area contributed by atoms with Crippen molar-refractivity contribution in [2.24, 2.45) is 0 Å². The van der Waals surface area contributed by atoms with Gasteiger partial charge in [-0.05, 0) is 29.3 Å². The number of rotatable bonds is 6. The van der Waals surface area contributed by atoms with E-state index in [-0.39, 0.29) is 41.8 Å². The van der Waals surface area contributed by atoms with Gasteiger partial charge in [-0.2, -0.15) is 19.7 Å². The minimum Gasteiger partial charge on any atom is -0.465 e. The van der Waals surface area contributed by atoms with Crippen LogP contribution in [0.4, 0.5) is 30.9 Å². The Morgan fingerprint density at radius 2 is 1.76 bits per heavy atom. The van der Waals surface area contributed by atoms with Crippen LogP contribution in [0.2, 0.25) is 0 Å². The molecule has 186 valence electrons. The number of anilines is 3. The summed E-state index contributed by atoms with van der Waals surface area (Å²) in [5.74, 6) is -1.67. The first kappa shape index (κ1) is 23.5. The summed E-state index contributed by atoms with van der Waals surface area (Å²) in [7, 11) is 0. The second-order valence-corrected chi connectivity index (χ2v) is 8.01. The maximum absolute atomic E-state index is 14.3. The zero-order valence-electron chi connectivity index (χ0n) is 19.1. The van der Waals surface area contributed by atoms with E-state index in [2.05, 4.69) is 25.0 Å². The summed E-state index contributed by atoms with van der Waals surface area (Å²) in [6, 6.07) is 10.7. The molecule has 0 fully saturated rings. The average Bonchev–Trinajstić information content (AvgIpc) is 3.22. The van der Waals surface area contributed by atoms with Crippen molar-refractivity contribution in [1.82, 2.24) is 29.7 Å². The monoisotopic (exact) mass is 503 g/mol. The van der Waals surface area contributed by atoms with Gasteiger partial charge in [-0.15, -0.1) is 0 Å². The molecule has 0 bridgehead atoms. The van der Waals surface area contributed by atoms with Crippen LogP contribution >= 0.6 is 0 Å². The minimum atomic E-state index is -1.32. The molecule has 0 saturated carbocycles. The van der Waals surface area contributed by atoms with Crippen molar-refractivity contribution in [3.8, 4) is 5.95 Å². The van der Waals surface area contributed by atoms with Crippen LogP contribution in [-0.2, 0) is 13.0 Å². The van der Waals surface area contributed by atoms with E-state index in [4.69, 9.17) is 11.5 Å². The Morgan fingerprint density at radius 3 is 2.43 bits per heavy atom. The van der Waals surface area contributed by atoms with E-state index in [1.54, 1.807) is 30.3 Å². The number of carbonyl (C=O) groups is 1. The molecule has 13 heteroatoms. The van der Waals surface area contributed by atoms with E-state index < -0.39 is 17.7 Å². The lowest BCUT2D eigenvalue weighted by Crippen LogP contribution is -2.31. The number of aromatic nitrogens is 6. The fourth-order valence-corrected chi connectivity index (χ4v) is 3.89. The molecule has 0 aliphatic carbocycles. The average molecular weight is 503 g/mol. The molecule has 11 nitrogen and oxygen atoms in total. The quantitative estimate of drug-likeness (QED) is 0.315. The molecule has 5 rings (SSSR count). The molecule has 4 heterocycles. The third-order valence-electron chi connectivity index (χ3n) is 5.58. The van der Waals surface area contributed by atoms with Gasteiger partial charge in [0, 0.05) is 24.9 Å². The van der Waals surface area contributed by atoms with Crippen LogP contribution in [0.1, 0.15) is 16.8 Å². The van der Waals surface area contributed by atoms with Crippen molar-refractivity contribution in [2.45, 2.75) is 13.0 Å². The van der Waals surface area contributed by atoms with Crippen LogP contribution in [0.25, 0.3) is 17.0 Å². The van der Waals surface area contributed by atoms with Crippen LogP contribution in [0.15, 0.2) is 61.1 Å². The van der Waals surface area contributed by atoms with Gasteiger partial charge in [0.1, 0.15) is 22.8 Å². The first-order chi connectivity index (χ1) is 17.8. The number of nitrogens with two attached hydrogens (primary N) is 2. The Bertz CT molecular complexity index is 1600. The first-order valence-corrected chi connectivity index (χ1v) is 10.9. The molecule has 0 aliphatic rings. The van der Waals surface area contributed by atoms with Crippen molar-refractivity contribution in [3.63, 3.8) is 0 Å². The van der Waals surface area contributed by atoms with Gasteiger partial charge in [-0.3, -0.25) is 9.88 Å². The maximum Gasteiger partial charge on any atom is 0.412 e. The minimum absolute atomic E-state index is 0.0660. The summed E-state index contributed by atoms with van der Waals surface area (Å²) < 4.78 is 29.6. The van der Waals surface area contributed by atoms with Gasteiger partial charge < -0.3 is 16.6 Å². The molecular weight excluding hydrogens is 484 g/mol. The van der Waals surface area contributed by atoms with Crippen LogP contribution in [-0.4, -0.2) is 40.9 Å². The summed E-state index contributed by atoms with van der Waals surface area (Å²) in [4.78, 5) is 29.4. The van der Waals surface area contributed by atoms with Gasteiger partial charge in [0.25, 0.3) is 5.95 Å². The molecule has 0 spiro atoms. The van der Waals surface area contributed by atoms with Gasteiger partial charge in [0.15, 0.2) is 11.6 Å². The number of carboxylic acid groups (broad SMARTS) is 1. The van der Waals surface area contributed by atoms with E-state index in [0.29, 0.717) is 22.3 Å². The summed E-state index contributed by atoms with van der Waals surface area (Å²) in [6.45, 7) is -0.0818. The molecule has 5 N–H and O–H groups in total. The van der Waals surface area contributed by atoms with Gasteiger partial charge in [0.05, 0.1) is 24.0 Å². The lowest BCUT2D eigenvalue weighted by atomic mass is 10.1. The number of benzene rings is 1. The molecule has 0 saturated heterocycles. The second-order valence-electron chi connectivity index (χ2n) is 8.01. The van der Waals surface area contributed by atoms with Gasteiger partial charge in [-0.25, -0.2) is 18.6 Å². The largest absolute Gasteiger partial charge is 0.465 e. The molecule has 0 aliphatic heterocycles. The Balaban J connectivity index is 1.59. The van der Waals surface area contributed by atoms with Crippen molar-refractivity contribution < 1.29 is 18.7 Å². The Kier molecular flexibility index (Phi) is 6.01. The third kappa shape index (κ3) is 4.57. The highest BCUT2D eigenvalue weighted by atomic mass is 19.1. The smallest absolute Gasteiger partial charge is 0.412 e. The van der Waals surface area contributed by atoms with Crippen molar-refractivity contribution >= 4 is 34.4 Å². The van der Waals surface area contributed by atoms with E-state index in [9.17, 15) is 18.7 Å². The number of amides is 1. The highest BCUT2D eigenvalue weighted by Gasteiger charge is 2.25. The SMILES string of the molecule is Nc1nc(-n2nc(Cc3ccccc3F)c3ncc(F)cc32)nc(N)c1N(Cc1ccncc1)C(=O)O. The molecular formula is C24H19F2N9O2. The fraction of sp³-hybridized carbons (Fsp3) is 0.0833. The van der Waals surface area contributed by atoms with Crippen molar-refractivity contribution in [1.29, 1.82) is 0 Å². The highest BCUT2D eigenvalue weighted by molar-refractivity contribution is 5.94. The second kappa shape index (κ2) is 9.45. The fourth-order valence-electron chi connectivity index (χ4n) is 3.89. The van der Waals surface area contributed by atoms with E-state index in [1.165, 1.54) is 29.2 Å². The normalized spacial score (nSPS) is 11.1. The number of pyridine rings is 2. The predicted octanol–water partition coefficient (Wildman–Crippen LogP) is 3.32. The number of hydrogen-bond donors (Lipinski definition) is 3. The summed E-state index contributed by atoms with van der Waals surface area (Å²) in [5.41, 5.74) is 14.0. The summed E-state index contributed by atoms with van der Waals surface area (Å²) in [5, 5.41) is 14.3. The zero-order valence-corrected chi connectivity index (χ0v) is 19.1. The molecule has 4 aromatic heterocycles. The van der Waals surface area contributed by atoms with Gasteiger partial charge >= 0.3 is 6.09 Å². The van der Waals surface area contributed by atoms with Crippen molar-refractivity contribution in [2.75, 3.05) is 16.4 Å². The third-order valence-corrected chi connectivity index (χ3v) is 5.58. The van der Waals surface area contributed by atoms with Gasteiger partial charge in [0.2, 0.25) is 0 Å². The van der Waals surface area contributed by atoms with E-state index >= 15 is 0 Å². The number of halogens is 2. The molecule has 0 radical (unpaired) electrons. The molecule has 1 amide bonds. The van der Waals surface area contributed by atoms with Crippen LogP contribution in [0.3, 0.4) is 0 Å². The molecule has 0 atom stereocenters. The Hall–Kier alpha value is -5.20. The van der Waals surface area contributed by atoms with E-state index in [0.717, 1.165) is 11.1 Å². The number of nitrogens with zero attached hydrogens (tertiary/aromatic N) is 7. The topological polar surface area (TPSA) is 162 Å². The molecule has 1 aromatic carbocycles. The number of nitrogen functional groups attached to an aromatic ring is 2. The Labute approximate surface area is 208 Å². The maximum atomic E-state index is 14.3. The standard InChI is InChI=1S/C24H19F2N9O2/c25-15-10-18-19(30-11-15)17(9-14-3-1-2-4-16(14)26)33-35(18)23-31-21(27)20(22(28)32-23)34(24(36)37)12-13-5-7-29-8-6-13/h1-8,10-11H,9,12H2,(H,36,37)(H4,27,28,31,32). The zero-order chi connectivity index (χ0) is 26.1. The van der Waals surface area contributed by atoms with Crippen LogP contribution < -0.4 is 16.4 Å².